The summed E-state index contributed by atoms with van der Waals surface area (Å²) in [6.45, 7) is 0.190. The number of furan rings is 1. The van der Waals surface area contributed by atoms with Crippen molar-refractivity contribution in [3.8, 4) is 0 Å². The molecule has 0 bridgehead atoms. The number of carbonyl (C=O) groups excluding carboxylic acids is 4. The van der Waals surface area contributed by atoms with Gasteiger partial charge in [0.1, 0.15) is 17.8 Å². The Balaban J connectivity index is 1.51. The van der Waals surface area contributed by atoms with Gasteiger partial charge in [0.15, 0.2) is 5.76 Å². The summed E-state index contributed by atoms with van der Waals surface area (Å²) < 4.78 is 5.23. The van der Waals surface area contributed by atoms with Gasteiger partial charge in [-0.15, -0.1) is 11.3 Å². The van der Waals surface area contributed by atoms with Gasteiger partial charge >= 0.3 is 0 Å². The lowest BCUT2D eigenvalue weighted by Gasteiger charge is -2.38. The molecule has 35 heavy (non-hydrogen) atoms. The topological polar surface area (TPSA) is 161 Å². The molecule has 0 saturated carbocycles. The van der Waals surface area contributed by atoms with E-state index in [4.69, 9.17) is 10.2 Å². The molecule has 4 rings (SSSR count). The van der Waals surface area contributed by atoms with E-state index < -0.39 is 41.8 Å². The van der Waals surface area contributed by atoms with Crippen LogP contribution in [-0.2, 0) is 16.0 Å². The fourth-order valence-corrected chi connectivity index (χ4v) is 4.68. The predicted octanol–water partition coefficient (Wildman–Crippen LogP) is 0.747. The lowest BCUT2D eigenvalue weighted by atomic mass is 9.95. The zero-order valence-electron chi connectivity index (χ0n) is 18.6. The van der Waals surface area contributed by atoms with Crippen molar-refractivity contribution in [2.45, 2.75) is 37.4 Å². The number of primary amides is 1. The van der Waals surface area contributed by atoms with E-state index in [2.05, 4.69) is 20.6 Å². The van der Waals surface area contributed by atoms with Crippen molar-refractivity contribution in [2.24, 2.45) is 5.73 Å². The molecule has 0 radical (unpaired) electrons. The van der Waals surface area contributed by atoms with E-state index in [1.807, 2.05) is 17.5 Å². The first-order valence-corrected chi connectivity index (χ1v) is 11.8. The molecule has 1 fully saturated rings. The summed E-state index contributed by atoms with van der Waals surface area (Å²) in [5.74, 6) is -2.01. The molecule has 3 atom stereocenters. The van der Waals surface area contributed by atoms with Crippen molar-refractivity contribution in [1.29, 1.82) is 0 Å². The number of piperidine rings is 1. The van der Waals surface area contributed by atoms with Gasteiger partial charge in [-0.2, -0.15) is 0 Å². The molecule has 1 aliphatic heterocycles. The maximum absolute atomic E-state index is 13.4. The number of rotatable bonds is 8. The Morgan fingerprint density at radius 1 is 1.23 bits per heavy atom. The molecule has 3 aromatic rings. The van der Waals surface area contributed by atoms with Crippen molar-refractivity contribution in [3.05, 3.63) is 70.8 Å². The molecule has 3 aromatic heterocycles. The van der Waals surface area contributed by atoms with E-state index in [9.17, 15) is 19.2 Å². The number of hydrogen-bond acceptors (Lipinski definition) is 8. The minimum Gasteiger partial charge on any atom is -0.459 e. The highest BCUT2D eigenvalue weighted by molar-refractivity contribution is 7.09. The molecular weight excluding hydrogens is 472 g/mol. The standard InChI is InChI=1S/C23H24N6O5S/c24-20(30)16(12-15-3-2-10-35-15)28-22(32)18-11-14(27-21(31)17-13-25-6-7-26-17)5-8-29(18)23(33)19-4-1-9-34-19/h1-4,6-7,9-10,13-14,16,18H,5,8,11-12H2,(H2,24,30)(H,27,31)(H,28,32)/t14-,16-,18-/m0/s1. The quantitative estimate of drug-likeness (QED) is 0.415. The Labute approximate surface area is 204 Å². The first-order chi connectivity index (χ1) is 16.9. The first-order valence-electron chi connectivity index (χ1n) is 11.0. The molecule has 0 spiro atoms. The zero-order valence-corrected chi connectivity index (χ0v) is 19.4. The summed E-state index contributed by atoms with van der Waals surface area (Å²) in [5.41, 5.74) is 5.69. The second-order valence-corrected chi connectivity index (χ2v) is 9.06. The number of nitrogens with zero attached hydrogens (tertiary/aromatic N) is 3. The van der Waals surface area contributed by atoms with Crippen molar-refractivity contribution in [2.75, 3.05) is 6.54 Å². The molecule has 0 aromatic carbocycles. The molecule has 12 heteroatoms. The Morgan fingerprint density at radius 3 is 2.74 bits per heavy atom. The smallest absolute Gasteiger partial charge is 0.290 e. The minimum atomic E-state index is -0.960. The van der Waals surface area contributed by atoms with Gasteiger partial charge < -0.3 is 25.7 Å². The van der Waals surface area contributed by atoms with Crippen LogP contribution in [0.4, 0.5) is 0 Å². The number of amides is 4. The Kier molecular flexibility index (Phi) is 7.51. The number of carbonyl (C=O) groups is 4. The number of nitrogens with two attached hydrogens (primary N) is 1. The second-order valence-electron chi connectivity index (χ2n) is 8.02. The van der Waals surface area contributed by atoms with E-state index in [0.29, 0.717) is 6.42 Å². The van der Waals surface area contributed by atoms with Gasteiger partial charge in [0, 0.05) is 36.3 Å². The highest BCUT2D eigenvalue weighted by atomic mass is 32.1. The molecular formula is C23H24N6O5S. The van der Waals surface area contributed by atoms with Gasteiger partial charge in [0.2, 0.25) is 11.8 Å². The average Bonchev–Trinajstić information content (AvgIpc) is 3.58. The van der Waals surface area contributed by atoms with E-state index in [1.165, 1.54) is 47.2 Å². The summed E-state index contributed by atoms with van der Waals surface area (Å²) in [4.78, 5) is 61.2. The van der Waals surface area contributed by atoms with Crippen LogP contribution >= 0.6 is 11.3 Å². The van der Waals surface area contributed by atoms with Gasteiger partial charge in [-0.3, -0.25) is 24.2 Å². The van der Waals surface area contributed by atoms with E-state index in [1.54, 1.807) is 6.07 Å². The SMILES string of the molecule is NC(=O)[C@H](Cc1cccs1)NC(=O)[C@@H]1C[C@@H](NC(=O)c2cnccn2)CCN1C(=O)c1ccco1. The minimum absolute atomic E-state index is 0.0925. The van der Waals surface area contributed by atoms with Crippen LogP contribution in [0.15, 0.2) is 58.9 Å². The van der Waals surface area contributed by atoms with Gasteiger partial charge in [-0.05, 0) is 36.4 Å². The predicted molar refractivity (Wildman–Crippen MR) is 125 cm³/mol. The molecule has 11 nitrogen and oxygen atoms in total. The summed E-state index contributed by atoms with van der Waals surface area (Å²) in [5, 5.41) is 7.41. The third-order valence-corrected chi connectivity index (χ3v) is 6.57. The lowest BCUT2D eigenvalue weighted by Crippen LogP contribution is -2.59. The lowest BCUT2D eigenvalue weighted by molar-refractivity contribution is -0.131. The monoisotopic (exact) mass is 496 g/mol. The third kappa shape index (κ3) is 5.90. The molecule has 4 amide bonds. The van der Waals surface area contributed by atoms with Crippen LogP contribution in [0.1, 0.15) is 38.8 Å². The van der Waals surface area contributed by atoms with Crippen LogP contribution < -0.4 is 16.4 Å². The van der Waals surface area contributed by atoms with Crippen molar-refractivity contribution >= 4 is 35.0 Å². The number of nitrogens with one attached hydrogen (secondary N) is 2. The number of thiophene rings is 1. The van der Waals surface area contributed by atoms with E-state index in [-0.39, 0.29) is 30.8 Å². The van der Waals surface area contributed by atoms with Crippen LogP contribution in [0.2, 0.25) is 0 Å². The Bertz CT molecular complexity index is 1170. The maximum atomic E-state index is 13.4. The van der Waals surface area contributed by atoms with Crippen LogP contribution in [-0.4, -0.2) is 63.2 Å². The fourth-order valence-electron chi connectivity index (χ4n) is 3.93. The zero-order chi connectivity index (χ0) is 24.8. The van der Waals surface area contributed by atoms with Crippen LogP contribution in [0, 0.1) is 0 Å². The summed E-state index contributed by atoms with van der Waals surface area (Å²) >= 11 is 1.45. The average molecular weight is 497 g/mol. The van der Waals surface area contributed by atoms with E-state index in [0.717, 1.165) is 4.88 Å². The summed E-state index contributed by atoms with van der Waals surface area (Å²) in [6.07, 6.45) is 6.38. The second kappa shape index (κ2) is 10.9. The molecule has 4 heterocycles. The molecule has 0 aliphatic carbocycles. The molecule has 0 unspecified atom stereocenters. The van der Waals surface area contributed by atoms with Crippen molar-refractivity contribution < 1.29 is 23.6 Å². The molecule has 4 N–H and O–H groups in total. The van der Waals surface area contributed by atoms with Crippen LogP contribution in [0.25, 0.3) is 0 Å². The van der Waals surface area contributed by atoms with Gasteiger partial charge in [0.25, 0.3) is 11.8 Å². The third-order valence-electron chi connectivity index (χ3n) is 5.67. The van der Waals surface area contributed by atoms with Gasteiger partial charge in [-0.25, -0.2) is 4.98 Å². The van der Waals surface area contributed by atoms with Crippen LogP contribution in [0.5, 0.6) is 0 Å². The maximum Gasteiger partial charge on any atom is 0.290 e. The normalized spacial score (nSPS) is 18.5. The summed E-state index contributed by atoms with van der Waals surface area (Å²) in [7, 11) is 0. The van der Waals surface area contributed by atoms with Crippen molar-refractivity contribution in [3.63, 3.8) is 0 Å². The largest absolute Gasteiger partial charge is 0.459 e. The van der Waals surface area contributed by atoms with E-state index >= 15 is 0 Å². The Hall–Kier alpha value is -4.06. The first kappa shape index (κ1) is 24.1. The summed E-state index contributed by atoms with van der Waals surface area (Å²) in [6, 6.07) is 4.47. The van der Waals surface area contributed by atoms with Gasteiger partial charge in [-0.1, -0.05) is 6.07 Å². The number of hydrogen-bond donors (Lipinski definition) is 3. The molecule has 1 aliphatic rings. The highest BCUT2D eigenvalue weighted by Crippen LogP contribution is 2.22. The highest BCUT2D eigenvalue weighted by Gasteiger charge is 2.39. The van der Waals surface area contributed by atoms with Crippen LogP contribution in [0.3, 0.4) is 0 Å². The Morgan fingerprint density at radius 2 is 2.09 bits per heavy atom. The molecule has 1 saturated heterocycles. The van der Waals surface area contributed by atoms with Crippen molar-refractivity contribution in [1.82, 2.24) is 25.5 Å². The fraction of sp³-hybridized carbons (Fsp3) is 0.304. The number of aromatic nitrogens is 2. The van der Waals surface area contributed by atoms with Gasteiger partial charge in [0.05, 0.1) is 12.5 Å². The molecule has 182 valence electrons. The number of likely N-dealkylation sites (tertiary alicyclic amines) is 1.